The van der Waals surface area contributed by atoms with Crippen LogP contribution in [0.4, 0.5) is 11.8 Å². The topological polar surface area (TPSA) is 105 Å². The van der Waals surface area contributed by atoms with Gasteiger partial charge in [-0.25, -0.2) is 18.1 Å². The molecule has 0 radical (unpaired) electrons. The zero-order valence-electron chi connectivity index (χ0n) is 16.7. The summed E-state index contributed by atoms with van der Waals surface area (Å²) in [6, 6.07) is 8.26. The summed E-state index contributed by atoms with van der Waals surface area (Å²) in [6.45, 7) is 7.93. The molecule has 0 aliphatic heterocycles. The van der Waals surface area contributed by atoms with Gasteiger partial charge in [0.2, 0.25) is 16.0 Å². The predicted molar refractivity (Wildman–Crippen MR) is 111 cm³/mol. The molecule has 0 saturated heterocycles. The number of anilines is 2. The van der Waals surface area contributed by atoms with E-state index >= 15 is 0 Å². The van der Waals surface area contributed by atoms with Crippen LogP contribution in [0.5, 0.6) is 5.75 Å². The Bertz CT molecular complexity index is 841. The number of aromatic nitrogens is 2. The zero-order valence-corrected chi connectivity index (χ0v) is 17.5. The first kappa shape index (κ1) is 21.9. The third-order valence-corrected chi connectivity index (χ3v) is 5.29. The van der Waals surface area contributed by atoms with Crippen LogP contribution in [0.3, 0.4) is 0 Å². The maximum atomic E-state index is 12.4. The number of ether oxygens (including phenoxy) is 1. The molecule has 1 aromatic heterocycles. The van der Waals surface area contributed by atoms with Gasteiger partial charge in [0.15, 0.2) is 0 Å². The van der Waals surface area contributed by atoms with Gasteiger partial charge < -0.3 is 15.4 Å². The molecule has 154 valence electrons. The van der Waals surface area contributed by atoms with Gasteiger partial charge in [-0.1, -0.05) is 13.3 Å². The molecule has 0 unspecified atom stereocenters. The summed E-state index contributed by atoms with van der Waals surface area (Å²) in [5, 5.41) is 6.17. The van der Waals surface area contributed by atoms with Crippen molar-refractivity contribution in [2.24, 2.45) is 0 Å². The van der Waals surface area contributed by atoms with Gasteiger partial charge in [-0.2, -0.15) is 4.98 Å². The highest BCUT2D eigenvalue weighted by Gasteiger charge is 2.13. The number of hydrogen-bond donors (Lipinski definition) is 3. The first-order chi connectivity index (χ1) is 13.4. The Kier molecular flexibility index (Phi) is 8.46. The Morgan fingerprint density at radius 1 is 1.04 bits per heavy atom. The molecule has 1 aromatic carbocycles. The number of aryl methyl sites for hydroxylation is 1. The summed E-state index contributed by atoms with van der Waals surface area (Å²) in [4.78, 5) is 8.82. The minimum Gasteiger partial charge on any atom is -0.494 e. The van der Waals surface area contributed by atoms with Gasteiger partial charge in [0.25, 0.3) is 0 Å². The van der Waals surface area contributed by atoms with Crippen LogP contribution in [-0.2, 0) is 10.0 Å². The molecule has 0 bridgehead atoms. The average Bonchev–Trinajstić information content (AvgIpc) is 2.66. The molecule has 3 N–H and O–H groups in total. The van der Waals surface area contributed by atoms with Gasteiger partial charge in [0.05, 0.1) is 11.5 Å². The van der Waals surface area contributed by atoms with Crippen LogP contribution in [0, 0.1) is 6.92 Å². The second-order valence-electron chi connectivity index (χ2n) is 6.25. The van der Waals surface area contributed by atoms with Gasteiger partial charge in [-0.05, 0) is 44.5 Å². The third kappa shape index (κ3) is 6.97. The lowest BCUT2D eigenvalue weighted by Crippen LogP contribution is -2.29. The molecule has 9 heteroatoms. The number of sulfonamides is 1. The quantitative estimate of drug-likeness (QED) is 0.465. The lowest BCUT2D eigenvalue weighted by molar-refractivity contribution is 0.309. The van der Waals surface area contributed by atoms with Crippen molar-refractivity contribution in [3.05, 3.63) is 36.0 Å². The Balaban J connectivity index is 1.84. The van der Waals surface area contributed by atoms with Gasteiger partial charge in [-0.3, -0.25) is 0 Å². The van der Waals surface area contributed by atoms with Crippen LogP contribution in [-0.4, -0.2) is 44.6 Å². The van der Waals surface area contributed by atoms with Crippen LogP contribution in [0.2, 0.25) is 0 Å². The smallest absolute Gasteiger partial charge is 0.240 e. The molecular weight excluding hydrogens is 378 g/mol. The summed E-state index contributed by atoms with van der Waals surface area (Å²) in [6.07, 6.45) is 2.02. The van der Waals surface area contributed by atoms with E-state index < -0.39 is 10.0 Å². The minimum absolute atomic E-state index is 0.211. The average molecular weight is 408 g/mol. The number of unbranched alkanes of at least 4 members (excludes halogenated alkanes) is 1. The second kappa shape index (κ2) is 10.8. The van der Waals surface area contributed by atoms with Gasteiger partial charge in [0, 0.05) is 31.4 Å². The SMILES string of the molecule is CCCCOc1ccc(S(=O)(=O)NCCNc2cc(C)nc(NCC)n2)cc1. The molecule has 2 rings (SSSR count). The van der Waals surface area contributed by atoms with E-state index in [4.69, 9.17) is 4.74 Å². The van der Waals surface area contributed by atoms with Crippen molar-refractivity contribution in [3.8, 4) is 5.75 Å². The maximum absolute atomic E-state index is 12.4. The lowest BCUT2D eigenvalue weighted by Gasteiger charge is -2.11. The van der Waals surface area contributed by atoms with Gasteiger partial charge in [-0.15, -0.1) is 0 Å². The Labute approximate surface area is 167 Å². The minimum atomic E-state index is -3.57. The van der Waals surface area contributed by atoms with Crippen molar-refractivity contribution < 1.29 is 13.2 Å². The lowest BCUT2D eigenvalue weighted by atomic mass is 10.3. The van der Waals surface area contributed by atoms with Crippen LogP contribution in [0.1, 0.15) is 32.4 Å². The van der Waals surface area contributed by atoms with E-state index in [2.05, 4.69) is 32.2 Å². The van der Waals surface area contributed by atoms with Crippen LogP contribution < -0.4 is 20.1 Å². The molecule has 0 amide bonds. The number of nitrogens with zero attached hydrogens (tertiary/aromatic N) is 2. The highest BCUT2D eigenvalue weighted by atomic mass is 32.2. The molecule has 28 heavy (non-hydrogen) atoms. The van der Waals surface area contributed by atoms with Crippen molar-refractivity contribution in [2.75, 3.05) is 36.9 Å². The van der Waals surface area contributed by atoms with Gasteiger partial charge >= 0.3 is 0 Å². The van der Waals surface area contributed by atoms with Crippen LogP contribution >= 0.6 is 0 Å². The normalized spacial score (nSPS) is 11.2. The summed E-state index contributed by atoms with van der Waals surface area (Å²) >= 11 is 0. The first-order valence-corrected chi connectivity index (χ1v) is 11.0. The van der Waals surface area contributed by atoms with E-state index in [1.165, 1.54) is 0 Å². The van der Waals surface area contributed by atoms with Crippen LogP contribution in [0.15, 0.2) is 35.2 Å². The molecule has 0 atom stereocenters. The van der Waals surface area contributed by atoms with Crippen molar-refractivity contribution >= 4 is 21.8 Å². The van der Waals surface area contributed by atoms with Crippen molar-refractivity contribution in [2.45, 2.75) is 38.5 Å². The molecule has 1 heterocycles. The molecule has 0 saturated carbocycles. The number of nitrogens with one attached hydrogen (secondary N) is 3. The summed E-state index contributed by atoms with van der Waals surface area (Å²) < 4.78 is 32.9. The fourth-order valence-corrected chi connectivity index (χ4v) is 3.44. The van der Waals surface area contributed by atoms with E-state index in [0.717, 1.165) is 25.1 Å². The first-order valence-electron chi connectivity index (χ1n) is 9.50. The largest absolute Gasteiger partial charge is 0.494 e. The van der Waals surface area contributed by atoms with E-state index in [-0.39, 0.29) is 11.4 Å². The number of rotatable bonds is 12. The van der Waals surface area contributed by atoms with E-state index in [0.29, 0.717) is 30.7 Å². The summed E-state index contributed by atoms with van der Waals surface area (Å²) in [5.74, 6) is 1.87. The Morgan fingerprint density at radius 3 is 2.46 bits per heavy atom. The molecule has 0 aliphatic carbocycles. The van der Waals surface area contributed by atoms with E-state index in [9.17, 15) is 8.42 Å². The van der Waals surface area contributed by atoms with E-state index in [1.54, 1.807) is 24.3 Å². The van der Waals surface area contributed by atoms with Gasteiger partial charge in [0.1, 0.15) is 11.6 Å². The highest BCUT2D eigenvalue weighted by molar-refractivity contribution is 7.89. The Hall–Kier alpha value is -2.39. The number of benzene rings is 1. The fourth-order valence-electron chi connectivity index (χ4n) is 2.40. The maximum Gasteiger partial charge on any atom is 0.240 e. The number of hydrogen-bond acceptors (Lipinski definition) is 7. The van der Waals surface area contributed by atoms with Crippen molar-refractivity contribution in [1.29, 1.82) is 0 Å². The monoisotopic (exact) mass is 407 g/mol. The van der Waals surface area contributed by atoms with E-state index in [1.807, 2.05) is 19.9 Å². The molecule has 0 spiro atoms. The molecular formula is C19H29N5O3S. The second-order valence-corrected chi connectivity index (χ2v) is 8.01. The zero-order chi connectivity index (χ0) is 20.4. The Morgan fingerprint density at radius 2 is 1.79 bits per heavy atom. The molecule has 2 aromatic rings. The third-order valence-electron chi connectivity index (χ3n) is 3.81. The molecule has 0 aliphatic rings. The molecule has 0 fully saturated rings. The van der Waals surface area contributed by atoms with Crippen molar-refractivity contribution in [1.82, 2.24) is 14.7 Å². The highest BCUT2D eigenvalue weighted by Crippen LogP contribution is 2.16. The predicted octanol–water partition coefficient (Wildman–Crippen LogP) is 2.79. The molecule has 8 nitrogen and oxygen atoms in total. The fraction of sp³-hybridized carbons (Fsp3) is 0.474. The van der Waals surface area contributed by atoms with Crippen molar-refractivity contribution in [3.63, 3.8) is 0 Å². The summed E-state index contributed by atoms with van der Waals surface area (Å²) in [5.41, 5.74) is 0.829. The standard InChI is InChI=1S/C19H29N5O3S/c1-4-6-13-27-16-7-9-17(10-8-16)28(25,26)22-12-11-21-18-14-15(3)23-19(24-18)20-5-2/h7-10,14,22H,4-6,11-13H2,1-3H3,(H2,20,21,23,24). The van der Waals surface area contributed by atoms with Crippen LogP contribution in [0.25, 0.3) is 0 Å². The summed E-state index contributed by atoms with van der Waals surface area (Å²) in [7, 11) is -3.57.